The number of hydrogen-bond acceptors (Lipinski definition) is 5. The van der Waals surface area contributed by atoms with E-state index in [1.165, 1.54) is 12.1 Å². The second-order valence-electron chi connectivity index (χ2n) is 4.07. The maximum absolute atomic E-state index is 12.1. The van der Waals surface area contributed by atoms with E-state index in [0.717, 1.165) is 16.7 Å². The first-order valence-corrected chi connectivity index (χ1v) is 9.37. The van der Waals surface area contributed by atoms with Gasteiger partial charge in [0.1, 0.15) is 4.90 Å². The van der Waals surface area contributed by atoms with Crippen molar-refractivity contribution in [3.63, 3.8) is 0 Å². The predicted molar refractivity (Wildman–Crippen MR) is 83.9 cm³/mol. The molecule has 1 aliphatic rings. The first-order valence-electron chi connectivity index (χ1n) is 5.73. The molecule has 0 spiro atoms. The first kappa shape index (κ1) is 16.8. The quantitative estimate of drug-likeness (QED) is 0.799. The zero-order valence-electron chi connectivity index (χ0n) is 10.5. The number of nitrogens with one attached hydrogen (secondary N) is 1. The molecule has 0 unspecified atom stereocenters. The molecule has 21 heavy (non-hydrogen) atoms. The van der Waals surface area contributed by atoms with Crippen molar-refractivity contribution in [3.05, 3.63) is 27.7 Å². The molecule has 1 heterocycles. The highest BCUT2D eigenvalue weighted by Crippen LogP contribution is 2.25. The molecule has 0 aliphatic carbocycles. The fraction of sp³-hybridized carbons (Fsp3) is 0.273. The Morgan fingerprint density at radius 3 is 2.67 bits per heavy atom. The number of benzene rings is 1. The van der Waals surface area contributed by atoms with Gasteiger partial charge in [-0.15, -0.1) is 0 Å². The zero-order chi connectivity index (χ0) is 15.6. The van der Waals surface area contributed by atoms with Crippen LogP contribution in [0.2, 0.25) is 5.02 Å². The minimum atomic E-state index is -3.79. The van der Waals surface area contributed by atoms with Crippen LogP contribution in [0.15, 0.2) is 27.6 Å². The molecule has 6 nitrogen and oxygen atoms in total. The molecule has 0 saturated carbocycles. The second kappa shape index (κ2) is 6.66. The molecule has 1 N–H and O–H groups in total. The SMILES string of the molecule is O=C1CSC(=O)N1CCNS(=O)(=O)c1ccc(Br)cc1Cl. The van der Waals surface area contributed by atoms with Gasteiger partial charge >= 0.3 is 0 Å². The smallest absolute Gasteiger partial charge is 0.273 e. The summed E-state index contributed by atoms with van der Waals surface area (Å²) in [6.07, 6.45) is 0. The molecule has 2 rings (SSSR count). The summed E-state index contributed by atoms with van der Waals surface area (Å²) in [6, 6.07) is 4.40. The number of nitrogens with zero attached hydrogens (tertiary/aromatic N) is 1. The third-order valence-electron chi connectivity index (χ3n) is 2.65. The van der Waals surface area contributed by atoms with Crippen molar-refractivity contribution in [2.24, 2.45) is 0 Å². The van der Waals surface area contributed by atoms with Crippen LogP contribution >= 0.6 is 39.3 Å². The number of rotatable bonds is 5. The Morgan fingerprint density at radius 1 is 1.38 bits per heavy atom. The highest BCUT2D eigenvalue weighted by Gasteiger charge is 2.29. The van der Waals surface area contributed by atoms with Crippen molar-refractivity contribution in [1.82, 2.24) is 9.62 Å². The number of thioether (sulfide) groups is 1. The number of carbonyl (C=O) groups is 2. The van der Waals surface area contributed by atoms with Crippen LogP contribution in [-0.4, -0.2) is 43.3 Å². The van der Waals surface area contributed by atoms with Gasteiger partial charge in [-0.05, 0) is 18.2 Å². The van der Waals surface area contributed by atoms with E-state index in [-0.39, 0.29) is 39.9 Å². The van der Waals surface area contributed by atoms with E-state index in [1.54, 1.807) is 6.07 Å². The Balaban J connectivity index is 2.02. The van der Waals surface area contributed by atoms with Crippen LogP contribution in [0.1, 0.15) is 0 Å². The predicted octanol–water partition coefficient (Wildman–Crippen LogP) is 2.08. The van der Waals surface area contributed by atoms with Gasteiger partial charge in [-0.1, -0.05) is 39.3 Å². The third-order valence-corrected chi connectivity index (χ3v) is 5.95. The van der Waals surface area contributed by atoms with E-state index in [0.29, 0.717) is 4.47 Å². The number of halogens is 2. The molecular formula is C11H10BrClN2O4S2. The van der Waals surface area contributed by atoms with Crippen LogP contribution in [0, 0.1) is 0 Å². The summed E-state index contributed by atoms with van der Waals surface area (Å²) in [4.78, 5) is 23.7. The summed E-state index contributed by atoms with van der Waals surface area (Å²) in [5, 5.41) is -0.276. The lowest BCUT2D eigenvalue weighted by Gasteiger charge is -2.13. The number of amides is 2. The van der Waals surface area contributed by atoms with E-state index < -0.39 is 10.0 Å². The second-order valence-corrected chi connectivity index (χ2v) is 8.06. The third kappa shape index (κ3) is 3.98. The van der Waals surface area contributed by atoms with Crippen LogP contribution in [0.25, 0.3) is 0 Å². The van der Waals surface area contributed by atoms with E-state index >= 15 is 0 Å². The summed E-state index contributed by atoms with van der Waals surface area (Å²) in [6.45, 7) is -0.0647. The van der Waals surface area contributed by atoms with E-state index in [9.17, 15) is 18.0 Å². The van der Waals surface area contributed by atoms with Crippen LogP contribution in [-0.2, 0) is 14.8 Å². The summed E-state index contributed by atoms with van der Waals surface area (Å²) in [5.41, 5.74) is 0. The first-order chi connectivity index (χ1) is 9.81. The fourth-order valence-corrected chi connectivity index (χ4v) is 4.47. The molecule has 0 bridgehead atoms. The maximum Gasteiger partial charge on any atom is 0.288 e. The van der Waals surface area contributed by atoms with Crippen molar-refractivity contribution < 1.29 is 18.0 Å². The summed E-state index contributed by atoms with van der Waals surface area (Å²) >= 11 is 9.99. The minimum absolute atomic E-state index is 0.00194. The molecule has 1 fully saturated rings. The summed E-state index contributed by atoms with van der Waals surface area (Å²) in [5.74, 6) is -0.213. The number of hydrogen-bond donors (Lipinski definition) is 1. The number of sulfonamides is 1. The van der Waals surface area contributed by atoms with E-state index in [1.807, 2.05) is 0 Å². The Labute approximate surface area is 139 Å². The van der Waals surface area contributed by atoms with E-state index in [4.69, 9.17) is 11.6 Å². The monoisotopic (exact) mass is 412 g/mol. The average molecular weight is 414 g/mol. The maximum atomic E-state index is 12.1. The fourth-order valence-electron chi connectivity index (χ4n) is 1.66. The van der Waals surface area contributed by atoms with Gasteiger partial charge in [0.2, 0.25) is 15.9 Å². The van der Waals surface area contributed by atoms with Gasteiger partial charge in [0.15, 0.2) is 0 Å². The molecule has 10 heteroatoms. The highest BCUT2D eigenvalue weighted by molar-refractivity contribution is 9.10. The lowest BCUT2D eigenvalue weighted by Crippen LogP contribution is -2.37. The molecule has 2 amide bonds. The normalized spacial score (nSPS) is 15.8. The average Bonchev–Trinajstić information content (AvgIpc) is 2.69. The lowest BCUT2D eigenvalue weighted by molar-refractivity contribution is -0.124. The Kier molecular flexibility index (Phi) is 5.31. The summed E-state index contributed by atoms with van der Waals surface area (Å²) in [7, 11) is -3.79. The number of imide groups is 1. The van der Waals surface area contributed by atoms with Gasteiger partial charge in [-0.3, -0.25) is 14.5 Å². The molecule has 0 atom stereocenters. The zero-order valence-corrected chi connectivity index (χ0v) is 14.5. The van der Waals surface area contributed by atoms with Crippen molar-refractivity contribution in [2.75, 3.05) is 18.8 Å². The van der Waals surface area contributed by atoms with Gasteiger partial charge < -0.3 is 0 Å². The molecule has 0 radical (unpaired) electrons. The minimum Gasteiger partial charge on any atom is -0.273 e. The van der Waals surface area contributed by atoms with Gasteiger partial charge in [0.25, 0.3) is 5.24 Å². The van der Waals surface area contributed by atoms with E-state index in [2.05, 4.69) is 20.7 Å². The Bertz CT molecular complexity index is 679. The van der Waals surface area contributed by atoms with Crippen LogP contribution < -0.4 is 4.72 Å². The van der Waals surface area contributed by atoms with Crippen molar-refractivity contribution in [1.29, 1.82) is 0 Å². The van der Waals surface area contributed by atoms with Crippen LogP contribution in [0.3, 0.4) is 0 Å². The molecular weight excluding hydrogens is 404 g/mol. The largest absolute Gasteiger partial charge is 0.288 e. The van der Waals surface area contributed by atoms with Gasteiger partial charge in [-0.25, -0.2) is 13.1 Å². The van der Waals surface area contributed by atoms with Crippen molar-refractivity contribution in [3.8, 4) is 0 Å². The molecule has 1 aromatic rings. The van der Waals surface area contributed by atoms with Crippen molar-refractivity contribution >= 4 is 60.5 Å². The molecule has 114 valence electrons. The topological polar surface area (TPSA) is 83.6 Å². The molecule has 1 aliphatic heterocycles. The van der Waals surface area contributed by atoms with Crippen LogP contribution in [0.5, 0.6) is 0 Å². The number of carbonyl (C=O) groups excluding carboxylic acids is 2. The Hall–Kier alpha value is -0.610. The Morgan fingerprint density at radius 2 is 2.10 bits per heavy atom. The van der Waals surface area contributed by atoms with Crippen molar-refractivity contribution in [2.45, 2.75) is 4.90 Å². The standard InChI is InChI=1S/C11H10BrClN2O4S2/c12-7-1-2-9(8(13)5-7)21(18,19)14-3-4-15-10(16)6-20-11(15)17/h1-2,5,14H,3-4,6H2. The molecule has 1 aromatic carbocycles. The highest BCUT2D eigenvalue weighted by atomic mass is 79.9. The summed E-state index contributed by atoms with van der Waals surface area (Å²) < 4.78 is 27.2. The lowest BCUT2D eigenvalue weighted by atomic mass is 10.4. The van der Waals surface area contributed by atoms with Gasteiger partial charge in [0, 0.05) is 17.6 Å². The van der Waals surface area contributed by atoms with Crippen LogP contribution in [0.4, 0.5) is 4.79 Å². The van der Waals surface area contributed by atoms with Gasteiger partial charge in [-0.2, -0.15) is 0 Å². The van der Waals surface area contributed by atoms with Gasteiger partial charge in [0.05, 0.1) is 10.8 Å². The molecule has 0 aromatic heterocycles. The molecule has 1 saturated heterocycles.